The van der Waals surface area contributed by atoms with Gasteiger partial charge in [0.15, 0.2) is 0 Å². The fourth-order valence-electron chi connectivity index (χ4n) is 1.71. The zero-order valence-electron chi connectivity index (χ0n) is 11.7. The molecular weight excluding hydrogens is 258 g/mol. The molecule has 3 aromatic carbocycles. The Bertz CT molecular complexity index is 634. The van der Waals surface area contributed by atoms with E-state index in [2.05, 4.69) is 5.32 Å². The van der Waals surface area contributed by atoms with Gasteiger partial charge < -0.3 is 16.8 Å². The van der Waals surface area contributed by atoms with E-state index in [0.29, 0.717) is 0 Å². The van der Waals surface area contributed by atoms with E-state index in [1.165, 1.54) is 0 Å². The fourth-order valence-corrected chi connectivity index (χ4v) is 1.71. The highest BCUT2D eigenvalue weighted by molar-refractivity contribution is 5.61. The van der Waals surface area contributed by atoms with Gasteiger partial charge in [-0.3, -0.25) is 0 Å². The molecule has 0 fully saturated rings. The quantitative estimate of drug-likeness (QED) is 0.612. The molecule has 3 heteroatoms. The molecule has 3 nitrogen and oxygen atoms in total. The van der Waals surface area contributed by atoms with Crippen molar-refractivity contribution in [1.82, 2.24) is 0 Å². The summed E-state index contributed by atoms with van der Waals surface area (Å²) in [6, 6.07) is 27.2. The Labute approximate surface area is 125 Å². The lowest BCUT2D eigenvalue weighted by molar-refractivity contribution is 1.55. The summed E-state index contributed by atoms with van der Waals surface area (Å²) in [6.07, 6.45) is 0. The average Bonchev–Trinajstić information content (AvgIpc) is 2.52. The van der Waals surface area contributed by atoms with Crippen LogP contribution < -0.4 is 16.8 Å². The Morgan fingerprint density at radius 3 is 1.38 bits per heavy atom. The summed E-state index contributed by atoms with van der Waals surface area (Å²) in [5.41, 5.74) is 14.7. The number of hydrogen-bond acceptors (Lipinski definition) is 3. The summed E-state index contributed by atoms with van der Waals surface area (Å²) in [6.45, 7) is 0. The molecule has 3 aromatic rings. The Morgan fingerprint density at radius 2 is 0.905 bits per heavy atom. The number of para-hydroxylation sites is 2. The molecule has 0 saturated carbocycles. The predicted octanol–water partition coefficient (Wildman–Crippen LogP) is 4.28. The molecule has 0 heterocycles. The molecule has 0 unspecified atom stereocenters. The zero-order valence-corrected chi connectivity index (χ0v) is 11.7. The van der Waals surface area contributed by atoms with E-state index in [-0.39, 0.29) is 0 Å². The Morgan fingerprint density at radius 1 is 0.476 bits per heavy atom. The topological polar surface area (TPSA) is 64.1 Å². The molecule has 0 aliphatic rings. The molecule has 0 aromatic heterocycles. The summed E-state index contributed by atoms with van der Waals surface area (Å²) < 4.78 is 0. The van der Waals surface area contributed by atoms with Crippen molar-refractivity contribution in [3.63, 3.8) is 0 Å². The molecule has 0 bridgehead atoms. The third-order valence-corrected chi connectivity index (χ3v) is 2.77. The molecule has 5 N–H and O–H groups in total. The van der Waals surface area contributed by atoms with Gasteiger partial charge in [0.2, 0.25) is 0 Å². The normalized spacial score (nSPS) is 9.33. The number of nitrogens with one attached hydrogen (secondary N) is 1. The van der Waals surface area contributed by atoms with Crippen molar-refractivity contribution in [3.8, 4) is 0 Å². The molecule has 0 aliphatic carbocycles. The second-order valence-corrected chi connectivity index (χ2v) is 4.52. The largest absolute Gasteiger partial charge is 0.399 e. The van der Waals surface area contributed by atoms with Gasteiger partial charge in [0.1, 0.15) is 0 Å². The monoisotopic (exact) mass is 277 g/mol. The van der Waals surface area contributed by atoms with E-state index < -0.39 is 0 Å². The van der Waals surface area contributed by atoms with Crippen LogP contribution in [0.25, 0.3) is 0 Å². The minimum absolute atomic E-state index is 0.781. The number of anilines is 4. The van der Waals surface area contributed by atoms with Crippen LogP contribution in [0.15, 0.2) is 84.9 Å². The fraction of sp³-hybridized carbons (Fsp3) is 0. The van der Waals surface area contributed by atoms with E-state index >= 15 is 0 Å². The first-order chi connectivity index (χ1) is 10.2. The third-order valence-electron chi connectivity index (χ3n) is 2.77. The first kappa shape index (κ1) is 14.5. The van der Waals surface area contributed by atoms with Gasteiger partial charge in [-0.1, -0.05) is 36.4 Å². The molecule has 0 saturated heterocycles. The number of hydrogen-bond donors (Lipinski definition) is 3. The summed E-state index contributed by atoms with van der Waals surface area (Å²) in [5.74, 6) is 0. The van der Waals surface area contributed by atoms with Crippen molar-refractivity contribution in [3.05, 3.63) is 84.9 Å². The first-order valence-corrected chi connectivity index (χ1v) is 6.72. The number of benzene rings is 3. The molecule has 3 rings (SSSR count). The van der Waals surface area contributed by atoms with Crippen molar-refractivity contribution in [2.45, 2.75) is 0 Å². The van der Waals surface area contributed by atoms with E-state index in [1.807, 2.05) is 84.9 Å². The van der Waals surface area contributed by atoms with Crippen LogP contribution in [-0.2, 0) is 0 Å². The van der Waals surface area contributed by atoms with E-state index in [4.69, 9.17) is 11.5 Å². The summed E-state index contributed by atoms with van der Waals surface area (Å²) in [7, 11) is 0. The highest BCUT2D eigenvalue weighted by atomic mass is 14.9. The summed E-state index contributed by atoms with van der Waals surface area (Å²) >= 11 is 0. The van der Waals surface area contributed by atoms with E-state index in [1.54, 1.807) is 0 Å². The van der Waals surface area contributed by atoms with Gasteiger partial charge in [-0.15, -0.1) is 0 Å². The Kier molecular flexibility index (Phi) is 5.24. The van der Waals surface area contributed by atoms with Gasteiger partial charge in [0.05, 0.1) is 0 Å². The molecule has 0 atom stereocenters. The number of nitrogens with two attached hydrogens (primary N) is 2. The lowest BCUT2D eigenvalue weighted by Gasteiger charge is -2.05. The highest BCUT2D eigenvalue weighted by Crippen LogP contribution is 2.16. The van der Waals surface area contributed by atoms with Crippen LogP contribution in [0.4, 0.5) is 22.7 Å². The lowest BCUT2D eigenvalue weighted by atomic mass is 10.2. The highest BCUT2D eigenvalue weighted by Gasteiger charge is 1.92. The second kappa shape index (κ2) is 7.60. The smallest absolute Gasteiger partial charge is 0.0385 e. The maximum atomic E-state index is 5.59. The Balaban J connectivity index is 0.000000194. The van der Waals surface area contributed by atoms with Crippen LogP contribution in [0.3, 0.4) is 0 Å². The standard InChI is InChI=1S/C12H12N2.C6H7N/c13-10-6-8-12(9-7-10)14-11-4-2-1-3-5-11;7-6-4-2-1-3-5-6/h1-9,14H,13H2;1-5H,7H2. The molecule has 106 valence electrons. The SMILES string of the molecule is Nc1ccc(Nc2ccccc2)cc1.Nc1ccccc1. The van der Waals surface area contributed by atoms with Crippen LogP contribution in [0.2, 0.25) is 0 Å². The average molecular weight is 277 g/mol. The first-order valence-electron chi connectivity index (χ1n) is 6.72. The van der Waals surface area contributed by atoms with Crippen LogP contribution in [-0.4, -0.2) is 0 Å². The van der Waals surface area contributed by atoms with Crippen molar-refractivity contribution >= 4 is 22.7 Å². The Hall–Kier alpha value is -2.94. The van der Waals surface area contributed by atoms with Crippen molar-refractivity contribution < 1.29 is 0 Å². The van der Waals surface area contributed by atoms with Crippen molar-refractivity contribution in [1.29, 1.82) is 0 Å². The molecule has 0 amide bonds. The van der Waals surface area contributed by atoms with E-state index in [9.17, 15) is 0 Å². The molecule has 21 heavy (non-hydrogen) atoms. The van der Waals surface area contributed by atoms with Gasteiger partial charge in [-0.25, -0.2) is 0 Å². The maximum absolute atomic E-state index is 5.59. The van der Waals surface area contributed by atoms with Crippen LogP contribution in [0.1, 0.15) is 0 Å². The summed E-state index contributed by atoms with van der Waals surface area (Å²) in [4.78, 5) is 0. The molecule has 0 spiro atoms. The third kappa shape index (κ3) is 5.28. The summed E-state index contributed by atoms with van der Waals surface area (Å²) in [5, 5.41) is 3.28. The van der Waals surface area contributed by atoms with E-state index in [0.717, 1.165) is 22.7 Å². The van der Waals surface area contributed by atoms with Crippen molar-refractivity contribution in [2.24, 2.45) is 0 Å². The van der Waals surface area contributed by atoms with Crippen molar-refractivity contribution in [2.75, 3.05) is 16.8 Å². The van der Waals surface area contributed by atoms with Gasteiger partial charge in [0.25, 0.3) is 0 Å². The van der Waals surface area contributed by atoms with Crippen LogP contribution in [0.5, 0.6) is 0 Å². The van der Waals surface area contributed by atoms with Gasteiger partial charge >= 0.3 is 0 Å². The minimum atomic E-state index is 0.781. The zero-order chi connectivity index (χ0) is 14.9. The van der Waals surface area contributed by atoms with Gasteiger partial charge in [-0.2, -0.15) is 0 Å². The predicted molar refractivity (Wildman–Crippen MR) is 91.4 cm³/mol. The van der Waals surface area contributed by atoms with Gasteiger partial charge in [-0.05, 0) is 48.5 Å². The van der Waals surface area contributed by atoms with Crippen LogP contribution >= 0.6 is 0 Å². The van der Waals surface area contributed by atoms with Gasteiger partial charge in [0, 0.05) is 22.7 Å². The molecule has 0 aliphatic heterocycles. The minimum Gasteiger partial charge on any atom is -0.399 e. The maximum Gasteiger partial charge on any atom is 0.0385 e. The number of nitrogen functional groups attached to an aromatic ring is 2. The molecular formula is C18H19N3. The molecule has 0 radical (unpaired) electrons. The van der Waals surface area contributed by atoms with Crippen LogP contribution in [0, 0.1) is 0 Å². The lowest BCUT2D eigenvalue weighted by Crippen LogP contribution is -1.90. The number of rotatable bonds is 2. The second-order valence-electron chi connectivity index (χ2n) is 4.52.